The van der Waals surface area contributed by atoms with Crippen LogP contribution in [0.5, 0.6) is 5.75 Å². The van der Waals surface area contributed by atoms with E-state index in [1.54, 1.807) is 7.11 Å². The van der Waals surface area contributed by atoms with Crippen molar-refractivity contribution in [1.29, 1.82) is 0 Å². The largest absolute Gasteiger partial charge is 0.492 e. The van der Waals surface area contributed by atoms with E-state index in [2.05, 4.69) is 11.9 Å². The van der Waals surface area contributed by atoms with Crippen molar-refractivity contribution in [2.24, 2.45) is 0 Å². The van der Waals surface area contributed by atoms with Crippen molar-refractivity contribution in [2.45, 2.75) is 26.7 Å². The maximum absolute atomic E-state index is 5.64. The Bertz CT molecular complexity index is 300. The van der Waals surface area contributed by atoms with Gasteiger partial charge in [0.05, 0.1) is 12.3 Å². The van der Waals surface area contributed by atoms with Crippen LogP contribution in [-0.2, 0) is 11.2 Å². The lowest BCUT2D eigenvalue weighted by atomic mass is 10.2. The average molecular weight is 209 g/mol. The number of ether oxygens (including phenoxy) is 2. The molecule has 0 saturated carbocycles. The second kappa shape index (κ2) is 6.40. The first kappa shape index (κ1) is 12.0. The zero-order valence-electron chi connectivity index (χ0n) is 9.75. The summed E-state index contributed by atoms with van der Waals surface area (Å²) < 4.78 is 10.6. The van der Waals surface area contributed by atoms with Gasteiger partial charge in [0, 0.05) is 25.8 Å². The molecule has 1 rings (SSSR count). The molecule has 0 aliphatic carbocycles. The lowest BCUT2D eigenvalue weighted by Gasteiger charge is -2.09. The van der Waals surface area contributed by atoms with Crippen LogP contribution in [0.3, 0.4) is 0 Å². The van der Waals surface area contributed by atoms with Gasteiger partial charge in [0.1, 0.15) is 5.75 Å². The maximum Gasteiger partial charge on any atom is 0.140 e. The van der Waals surface area contributed by atoms with Crippen molar-refractivity contribution in [1.82, 2.24) is 4.98 Å². The fourth-order valence-corrected chi connectivity index (χ4v) is 1.37. The molecule has 0 fully saturated rings. The van der Waals surface area contributed by atoms with E-state index in [1.165, 1.54) is 0 Å². The fraction of sp³-hybridized carbons (Fsp3) is 0.583. The molecule has 0 bridgehead atoms. The summed E-state index contributed by atoms with van der Waals surface area (Å²) in [6.45, 7) is 5.50. The summed E-state index contributed by atoms with van der Waals surface area (Å²) >= 11 is 0. The summed E-state index contributed by atoms with van der Waals surface area (Å²) in [6.07, 6.45) is 1.81. The third-order valence-electron chi connectivity index (χ3n) is 2.16. The Morgan fingerprint density at radius 2 is 2.07 bits per heavy atom. The van der Waals surface area contributed by atoms with Crippen molar-refractivity contribution in [3.8, 4) is 5.75 Å². The zero-order chi connectivity index (χ0) is 11.1. The van der Waals surface area contributed by atoms with Gasteiger partial charge in [0.15, 0.2) is 0 Å². The van der Waals surface area contributed by atoms with Gasteiger partial charge in [-0.2, -0.15) is 0 Å². The topological polar surface area (TPSA) is 31.4 Å². The van der Waals surface area contributed by atoms with Crippen molar-refractivity contribution in [3.63, 3.8) is 0 Å². The van der Waals surface area contributed by atoms with E-state index >= 15 is 0 Å². The number of pyridine rings is 1. The first-order valence-electron chi connectivity index (χ1n) is 5.36. The molecule has 0 aliphatic heterocycles. The highest BCUT2D eigenvalue weighted by Crippen LogP contribution is 2.17. The first-order chi connectivity index (χ1) is 7.27. The quantitative estimate of drug-likeness (QED) is 0.674. The van der Waals surface area contributed by atoms with Crippen molar-refractivity contribution >= 4 is 0 Å². The molecule has 0 radical (unpaired) electrons. The van der Waals surface area contributed by atoms with Crippen LogP contribution in [-0.4, -0.2) is 25.3 Å². The second-order valence-electron chi connectivity index (χ2n) is 3.45. The fourth-order valence-electron chi connectivity index (χ4n) is 1.37. The summed E-state index contributed by atoms with van der Waals surface area (Å²) in [5.74, 6) is 0.902. The molecule has 0 amide bonds. The number of hydrogen-bond donors (Lipinski definition) is 0. The molecule has 84 valence electrons. The van der Waals surface area contributed by atoms with Gasteiger partial charge in [0.25, 0.3) is 0 Å². The molecule has 15 heavy (non-hydrogen) atoms. The summed E-state index contributed by atoms with van der Waals surface area (Å²) in [7, 11) is 1.70. The highest BCUT2D eigenvalue weighted by Gasteiger charge is 2.03. The van der Waals surface area contributed by atoms with Gasteiger partial charge in [-0.1, -0.05) is 6.92 Å². The number of methoxy groups -OCH3 is 1. The monoisotopic (exact) mass is 209 g/mol. The van der Waals surface area contributed by atoms with Crippen LogP contribution < -0.4 is 4.74 Å². The van der Waals surface area contributed by atoms with E-state index in [4.69, 9.17) is 9.47 Å². The van der Waals surface area contributed by atoms with Gasteiger partial charge in [-0.25, -0.2) is 0 Å². The van der Waals surface area contributed by atoms with Gasteiger partial charge in [-0.05, 0) is 25.5 Å². The van der Waals surface area contributed by atoms with E-state index in [-0.39, 0.29) is 0 Å². The van der Waals surface area contributed by atoms with Crippen molar-refractivity contribution in [2.75, 3.05) is 20.3 Å². The predicted molar refractivity (Wildman–Crippen MR) is 60.3 cm³/mol. The Morgan fingerprint density at radius 1 is 1.27 bits per heavy atom. The van der Waals surface area contributed by atoms with E-state index in [0.717, 1.165) is 36.6 Å². The average Bonchev–Trinajstić information content (AvgIpc) is 2.26. The SMILES string of the molecule is CCc1nc(C)ccc1OCCCOC. The minimum atomic E-state index is 0.686. The van der Waals surface area contributed by atoms with E-state index in [9.17, 15) is 0 Å². The normalized spacial score (nSPS) is 10.3. The van der Waals surface area contributed by atoms with Gasteiger partial charge in [-0.15, -0.1) is 0 Å². The Balaban J connectivity index is 2.52. The lowest BCUT2D eigenvalue weighted by molar-refractivity contribution is 0.171. The third kappa shape index (κ3) is 3.88. The van der Waals surface area contributed by atoms with Crippen LogP contribution in [0.25, 0.3) is 0 Å². The molecular formula is C12H19NO2. The molecule has 3 nitrogen and oxygen atoms in total. The highest BCUT2D eigenvalue weighted by molar-refractivity contribution is 5.29. The Hall–Kier alpha value is -1.09. The lowest BCUT2D eigenvalue weighted by Crippen LogP contribution is -2.04. The van der Waals surface area contributed by atoms with Gasteiger partial charge >= 0.3 is 0 Å². The molecule has 1 aromatic heterocycles. The Kier molecular flexibility index (Phi) is 5.12. The third-order valence-corrected chi connectivity index (χ3v) is 2.16. The minimum Gasteiger partial charge on any atom is -0.492 e. The Morgan fingerprint density at radius 3 is 2.73 bits per heavy atom. The predicted octanol–water partition coefficient (Wildman–Crippen LogP) is 2.37. The molecule has 3 heteroatoms. The van der Waals surface area contributed by atoms with Crippen LogP contribution >= 0.6 is 0 Å². The van der Waals surface area contributed by atoms with E-state index in [1.807, 2.05) is 19.1 Å². The van der Waals surface area contributed by atoms with Crippen molar-refractivity contribution in [3.05, 3.63) is 23.5 Å². The summed E-state index contributed by atoms with van der Waals surface area (Å²) in [5, 5.41) is 0. The molecule has 0 N–H and O–H groups in total. The van der Waals surface area contributed by atoms with Gasteiger partial charge in [0.2, 0.25) is 0 Å². The van der Waals surface area contributed by atoms with Crippen molar-refractivity contribution < 1.29 is 9.47 Å². The zero-order valence-corrected chi connectivity index (χ0v) is 9.75. The number of aromatic nitrogens is 1. The minimum absolute atomic E-state index is 0.686. The molecule has 1 aromatic rings. The van der Waals surface area contributed by atoms with Gasteiger partial charge < -0.3 is 9.47 Å². The van der Waals surface area contributed by atoms with Crippen LogP contribution in [0.1, 0.15) is 24.7 Å². The van der Waals surface area contributed by atoms with E-state index in [0.29, 0.717) is 6.61 Å². The molecule has 0 atom stereocenters. The highest BCUT2D eigenvalue weighted by atomic mass is 16.5. The Labute approximate surface area is 91.4 Å². The maximum atomic E-state index is 5.64. The number of rotatable bonds is 6. The van der Waals surface area contributed by atoms with Crippen LogP contribution in [0.4, 0.5) is 0 Å². The molecule has 0 spiro atoms. The molecule has 0 unspecified atom stereocenters. The standard InChI is InChI=1S/C12H19NO2/c1-4-11-12(7-6-10(2)13-11)15-9-5-8-14-3/h6-7H,4-5,8-9H2,1-3H3. The first-order valence-corrected chi connectivity index (χ1v) is 5.36. The molecular weight excluding hydrogens is 190 g/mol. The van der Waals surface area contributed by atoms with Crippen LogP contribution in [0.15, 0.2) is 12.1 Å². The number of aryl methyl sites for hydroxylation is 2. The number of nitrogens with zero attached hydrogens (tertiary/aromatic N) is 1. The van der Waals surface area contributed by atoms with Crippen LogP contribution in [0.2, 0.25) is 0 Å². The number of hydrogen-bond acceptors (Lipinski definition) is 3. The molecule has 1 heterocycles. The summed E-state index contributed by atoms with van der Waals surface area (Å²) in [6, 6.07) is 3.97. The van der Waals surface area contributed by atoms with E-state index < -0.39 is 0 Å². The van der Waals surface area contributed by atoms with Crippen LogP contribution in [0, 0.1) is 6.92 Å². The second-order valence-corrected chi connectivity index (χ2v) is 3.45. The van der Waals surface area contributed by atoms with Gasteiger partial charge in [-0.3, -0.25) is 4.98 Å². The molecule has 0 aliphatic rings. The summed E-state index contributed by atoms with van der Waals surface area (Å²) in [5.41, 5.74) is 2.07. The molecule has 0 aromatic carbocycles. The molecule has 0 saturated heterocycles. The smallest absolute Gasteiger partial charge is 0.140 e. The summed E-state index contributed by atoms with van der Waals surface area (Å²) in [4.78, 5) is 4.43.